The van der Waals surface area contributed by atoms with Crippen LogP contribution < -0.4 is 5.32 Å². The van der Waals surface area contributed by atoms with Crippen LogP contribution in [0.2, 0.25) is 0 Å². The molecule has 0 spiro atoms. The second kappa shape index (κ2) is 7.70. The molecule has 4 rings (SSSR count). The maximum Gasteiger partial charge on any atom is 0.322 e. The predicted octanol–water partition coefficient (Wildman–Crippen LogP) is 4.57. The SMILES string of the molecule is O=C(CCc1ccc(-c2ccccc2)o1)Nc1nnc(-c2ccccc2)o1. The molecule has 0 unspecified atom stereocenters. The van der Waals surface area contributed by atoms with Crippen molar-refractivity contribution in [3.63, 3.8) is 0 Å². The minimum atomic E-state index is -0.212. The lowest BCUT2D eigenvalue weighted by Gasteiger charge is -2.00. The molecule has 1 amide bonds. The molecule has 0 saturated carbocycles. The number of carbonyl (C=O) groups is 1. The van der Waals surface area contributed by atoms with E-state index >= 15 is 0 Å². The first-order valence-corrected chi connectivity index (χ1v) is 8.61. The lowest BCUT2D eigenvalue weighted by atomic mass is 10.2. The molecular weight excluding hydrogens is 342 g/mol. The molecule has 0 atom stereocenters. The Morgan fingerprint density at radius 2 is 1.52 bits per heavy atom. The number of anilines is 1. The summed E-state index contributed by atoms with van der Waals surface area (Å²) in [5, 5.41) is 10.4. The zero-order chi connectivity index (χ0) is 18.5. The molecule has 134 valence electrons. The molecule has 0 fully saturated rings. The Hall–Kier alpha value is -3.67. The van der Waals surface area contributed by atoms with Gasteiger partial charge in [0.25, 0.3) is 0 Å². The summed E-state index contributed by atoms with van der Waals surface area (Å²) >= 11 is 0. The number of furan rings is 1. The summed E-state index contributed by atoms with van der Waals surface area (Å²) in [5.41, 5.74) is 1.81. The normalized spacial score (nSPS) is 10.7. The van der Waals surface area contributed by atoms with Crippen LogP contribution in [0, 0.1) is 0 Å². The summed E-state index contributed by atoms with van der Waals surface area (Å²) in [6.07, 6.45) is 0.739. The second-order valence-corrected chi connectivity index (χ2v) is 5.96. The van der Waals surface area contributed by atoms with Gasteiger partial charge in [-0.1, -0.05) is 53.6 Å². The number of carbonyl (C=O) groups excluding carboxylic acids is 1. The Morgan fingerprint density at radius 3 is 2.26 bits per heavy atom. The standard InChI is InChI=1S/C21H17N3O3/c25-19(22-21-24-23-20(27-21)16-9-5-2-6-10-16)14-12-17-11-13-18(26-17)15-7-3-1-4-8-15/h1-11,13H,12,14H2,(H,22,24,25). The lowest BCUT2D eigenvalue weighted by molar-refractivity contribution is -0.116. The molecule has 0 radical (unpaired) electrons. The second-order valence-electron chi connectivity index (χ2n) is 5.96. The van der Waals surface area contributed by atoms with Gasteiger partial charge in [0.1, 0.15) is 11.5 Å². The Balaban J connectivity index is 1.33. The number of aromatic nitrogens is 2. The van der Waals surface area contributed by atoms with Gasteiger partial charge < -0.3 is 8.83 Å². The third-order valence-corrected chi connectivity index (χ3v) is 4.01. The Kier molecular flexibility index (Phi) is 4.78. The molecule has 6 heteroatoms. The van der Waals surface area contributed by atoms with Gasteiger partial charge in [0.05, 0.1) is 0 Å². The van der Waals surface area contributed by atoms with Crippen LogP contribution in [0.4, 0.5) is 6.01 Å². The van der Waals surface area contributed by atoms with Crippen molar-refractivity contribution in [2.75, 3.05) is 5.32 Å². The van der Waals surface area contributed by atoms with Gasteiger partial charge in [-0.3, -0.25) is 10.1 Å². The number of hydrogen-bond acceptors (Lipinski definition) is 5. The fourth-order valence-electron chi connectivity index (χ4n) is 2.66. The zero-order valence-electron chi connectivity index (χ0n) is 14.5. The predicted molar refractivity (Wildman–Crippen MR) is 101 cm³/mol. The third kappa shape index (κ3) is 4.12. The van der Waals surface area contributed by atoms with Gasteiger partial charge in [-0.25, -0.2) is 0 Å². The van der Waals surface area contributed by atoms with E-state index in [0.717, 1.165) is 22.6 Å². The molecule has 2 aromatic carbocycles. The fraction of sp³-hybridized carbons (Fsp3) is 0.0952. The van der Waals surface area contributed by atoms with Crippen molar-refractivity contribution < 1.29 is 13.6 Å². The molecular formula is C21H17N3O3. The van der Waals surface area contributed by atoms with Gasteiger partial charge >= 0.3 is 6.01 Å². The average molecular weight is 359 g/mol. The maximum absolute atomic E-state index is 12.1. The highest BCUT2D eigenvalue weighted by Gasteiger charge is 2.12. The number of rotatable bonds is 6. The first-order valence-electron chi connectivity index (χ1n) is 8.61. The number of benzene rings is 2. The van der Waals surface area contributed by atoms with Crippen LogP contribution in [0.15, 0.2) is 81.6 Å². The number of nitrogens with zero attached hydrogens (tertiary/aromatic N) is 2. The van der Waals surface area contributed by atoms with Crippen LogP contribution in [-0.4, -0.2) is 16.1 Å². The highest BCUT2D eigenvalue weighted by molar-refractivity contribution is 5.88. The number of hydrogen-bond donors (Lipinski definition) is 1. The maximum atomic E-state index is 12.1. The van der Waals surface area contributed by atoms with E-state index in [0.29, 0.717) is 12.3 Å². The van der Waals surface area contributed by atoms with Crippen molar-refractivity contribution in [2.45, 2.75) is 12.8 Å². The van der Waals surface area contributed by atoms with Crippen molar-refractivity contribution in [1.82, 2.24) is 10.2 Å². The minimum absolute atomic E-state index is 0.0864. The van der Waals surface area contributed by atoms with E-state index in [1.54, 1.807) is 0 Å². The van der Waals surface area contributed by atoms with Gasteiger partial charge in [0.15, 0.2) is 0 Å². The summed E-state index contributed by atoms with van der Waals surface area (Å²) in [6.45, 7) is 0. The minimum Gasteiger partial charge on any atom is -0.461 e. The largest absolute Gasteiger partial charge is 0.461 e. The van der Waals surface area contributed by atoms with Crippen molar-refractivity contribution in [1.29, 1.82) is 0 Å². The van der Waals surface area contributed by atoms with E-state index in [2.05, 4.69) is 15.5 Å². The molecule has 6 nitrogen and oxygen atoms in total. The first-order chi connectivity index (χ1) is 13.3. The van der Waals surface area contributed by atoms with E-state index in [1.165, 1.54) is 0 Å². The van der Waals surface area contributed by atoms with E-state index in [9.17, 15) is 4.79 Å². The zero-order valence-corrected chi connectivity index (χ0v) is 14.5. The molecule has 27 heavy (non-hydrogen) atoms. The molecule has 2 aromatic heterocycles. The van der Waals surface area contributed by atoms with Gasteiger partial charge in [-0.05, 0) is 24.3 Å². The van der Waals surface area contributed by atoms with Crippen molar-refractivity contribution in [2.24, 2.45) is 0 Å². The van der Waals surface area contributed by atoms with Gasteiger partial charge in [-0.2, -0.15) is 0 Å². The summed E-state index contributed by atoms with van der Waals surface area (Å²) in [4.78, 5) is 12.1. The van der Waals surface area contributed by atoms with Gasteiger partial charge in [0, 0.05) is 24.0 Å². The molecule has 0 saturated heterocycles. The summed E-state index contributed by atoms with van der Waals surface area (Å²) in [6, 6.07) is 23.1. The highest BCUT2D eigenvalue weighted by Crippen LogP contribution is 2.23. The molecule has 4 aromatic rings. The van der Waals surface area contributed by atoms with Crippen molar-refractivity contribution >= 4 is 11.9 Å². The van der Waals surface area contributed by atoms with Gasteiger partial charge in [-0.15, -0.1) is 5.10 Å². The molecule has 0 bridgehead atoms. The summed E-state index contributed by atoms with van der Waals surface area (Å²) in [5.74, 6) is 1.69. The van der Waals surface area contributed by atoms with E-state index in [1.807, 2.05) is 72.8 Å². The fourth-order valence-corrected chi connectivity index (χ4v) is 2.66. The van der Waals surface area contributed by atoms with Crippen molar-refractivity contribution in [3.05, 3.63) is 78.6 Å². The Bertz CT molecular complexity index is 1020. The first kappa shape index (κ1) is 16.8. The van der Waals surface area contributed by atoms with Crippen LogP contribution in [0.25, 0.3) is 22.8 Å². The van der Waals surface area contributed by atoms with Crippen LogP contribution in [0.5, 0.6) is 0 Å². The summed E-state index contributed by atoms with van der Waals surface area (Å²) < 4.78 is 11.3. The van der Waals surface area contributed by atoms with Gasteiger partial charge in [0.2, 0.25) is 11.8 Å². The molecule has 0 aliphatic rings. The van der Waals surface area contributed by atoms with E-state index in [4.69, 9.17) is 8.83 Å². The average Bonchev–Trinajstić information content (AvgIpc) is 3.37. The molecule has 1 N–H and O–H groups in total. The Labute approximate surface area is 155 Å². The van der Waals surface area contributed by atoms with E-state index in [-0.39, 0.29) is 18.3 Å². The number of nitrogens with one attached hydrogen (secondary N) is 1. The topological polar surface area (TPSA) is 81.2 Å². The van der Waals surface area contributed by atoms with Crippen LogP contribution >= 0.6 is 0 Å². The highest BCUT2D eigenvalue weighted by atomic mass is 16.4. The monoisotopic (exact) mass is 359 g/mol. The van der Waals surface area contributed by atoms with Crippen molar-refractivity contribution in [3.8, 4) is 22.8 Å². The number of amides is 1. The molecule has 0 aliphatic heterocycles. The van der Waals surface area contributed by atoms with Crippen LogP contribution in [0.1, 0.15) is 12.2 Å². The molecule has 2 heterocycles. The lowest BCUT2D eigenvalue weighted by Crippen LogP contribution is -2.12. The molecule has 0 aliphatic carbocycles. The summed E-state index contributed by atoms with van der Waals surface area (Å²) in [7, 11) is 0. The quantitative estimate of drug-likeness (QED) is 0.545. The smallest absolute Gasteiger partial charge is 0.322 e. The van der Waals surface area contributed by atoms with E-state index < -0.39 is 0 Å². The van der Waals surface area contributed by atoms with Crippen LogP contribution in [-0.2, 0) is 11.2 Å². The third-order valence-electron chi connectivity index (χ3n) is 4.01. The number of aryl methyl sites for hydroxylation is 1. The van der Waals surface area contributed by atoms with Crippen LogP contribution in [0.3, 0.4) is 0 Å². The Morgan fingerprint density at radius 1 is 0.815 bits per heavy atom.